The first-order chi connectivity index (χ1) is 9.61. The van der Waals surface area contributed by atoms with Crippen LogP contribution in [0.15, 0.2) is 24.3 Å². The van der Waals surface area contributed by atoms with Crippen LogP contribution >= 0.6 is 11.6 Å². The zero-order valence-corrected chi connectivity index (χ0v) is 11.9. The highest BCUT2D eigenvalue weighted by Crippen LogP contribution is 2.35. The molecule has 5 nitrogen and oxygen atoms in total. The molecule has 1 aromatic heterocycles. The summed E-state index contributed by atoms with van der Waals surface area (Å²) in [7, 11) is 0. The standard InChI is InChI=1S/C14H14ClN3O2/c1-8(2)14-17-12(15)6-13(18-14)16-9-3-4-10-11(5-9)20-7-19-10/h3-6,8H,7H2,1-2H3,(H,16,17,18). The van der Waals surface area contributed by atoms with Crippen LogP contribution in [0.2, 0.25) is 5.15 Å². The van der Waals surface area contributed by atoms with Gasteiger partial charge in [0.25, 0.3) is 0 Å². The van der Waals surface area contributed by atoms with Gasteiger partial charge in [-0.15, -0.1) is 0 Å². The van der Waals surface area contributed by atoms with Crippen molar-refractivity contribution in [3.8, 4) is 11.5 Å². The number of benzene rings is 1. The summed E-state index contributed by atoms with van der Waals surface area (Å²) in [6, 6.07) is 7.32. The molecule has 2 aromatic rings. The van der Waals surface area contributed by atoms with Crippen LogP contribution in [0.25, 0.3) is 0 Å². The lowest BCUT2D eigenvalue weighted by atomic mass is 10.2. The molecule has 0 unspecified atom stereocenters. The maximum atomic E-state index is 6.02. The Balaban J connectivity index is 1.87. The largest absolute Gasteiger partial charge is 0.454 e. The molecule has 0 spiro atoms. The van der Waals surface area contributed by atoms with Gasteiger partial charge in [0.15, 0.2) is 11.5 Å². The second kappa shape index (κ2) is 5.17. The Hall–Kier alpha value is -2.01. The summed E-state index contributed by atoms with van der Waals surface area (Å²) in [5, 5.41) is 3.62. The van der Waals surface area contributed by atoms with Crippen molar-refractivity contribution >= 4 is 23.1 Å². The molecule has 0 bridgehead atoms. The van der Waals surface area contributed by atoms with Gasteiger partial charge in [-0.2, -0.15) is 0 Å². The average molecular weight is 292 g/mol. The maximum Gasteiger partial charge on any atom is 0.231 e. The summed E-state index contributed by atoms with van der Waals surface area (Å²) in [4.78, 5) is 8.65. The van der Waals surface area contributed by atoms with Gasteiger partial charge < -0.3 is 14.8 Å². The lowest BCUT2D eigenvalue weighted by Gasteiger charge is -2.10. The maximum absolute atomic E-state index is 6.02. The highest BCUT2D eigenvalue weighted by molar-refractivity contribution is 6.29. The number of halogens is 1. The van der Waals surface area contributed by atoms with E-state index in [0.29, 0.717) is 16.8 Å². The van der Waals surface area contributed by atoms with Crippen LogP contribution in [-0.2, 0) is 0 Å². The first kappa shape index (κ1) is 13.0. The van der Waals surface area contributed by atoms with Crippen molar-refractivity contribution in [1.29, 1.82) is 0 Å². The number of rotatable bonds is 3. The van der Waals surface area contributed by atoms with Crippen LogP contribution in [0.5, 0.6) is 11.5 Å². The van der Waals surface area contributed by atoms with Gasteiger partial charge in [-0.25, -0.2) is 9.97 Å². The number of nitrogens with one attached hydrogen (secondary N) is 1. The van der Waals surface area contributed by atoms with Gasteiger partial charge in [-0.05, 0) is 12.1 Å². The second-order valence-corrected chi connectivity index (χ2v) is 5.17. The van der Waals surface area contributed by atoms with Crippen molar-refractivity contribution in [1.82, 2.24) is 9.97 Å². The Labute approximate surface area is 121 Å². The summed E-state index contributed by atoms with van der Waals surface area (Å²) >= 11 is 6.02. The van der Waals surface area contributed by atoms with Gasteiger partial charge in [0, 0.05) is 23.7 Å². The fraction of sp³-hybridized carbons (Fsp3) is 0.286. The van der Waals surface area contributed by atoms with E-state index < -0.39 is 0 Å². The first-order valence-corrected chi connectivity index (χ1v) is 6.71. The Morgan fingerprint density at radius 1 is 1.15 bits per heavy atom. The molecular formula is C14H14ClN3O2. The highest BCUT2D eigenvalue weighted by Gasteiger charge is 2.14. The van der Waals surface area contributed by atoms with Crippen molar-refractivity contribution in [2.75, 3.05) is 12.1 Å². The molecule has 20 heavy (non-hydrogen) atoms. The molecule has 0 radical (unpaired) electrons. The van der Waals surface area contributed by atoms with Crippen LogP contribution in [0.1, 0.15) is 25.6 Å². The molecule has 104 valence electrons. The molecule has 0 fully saturated rings. The van der Waals surface area contributed by atoms with Crippen molar-refractivity contribution in [3.63, 3.8) is 0 Å². The molecule has 0 atom stereocenters. The smallest absolute Gasteiger partial charge is 0.231 e. The SMILES string of the molecule is CC(C)c1nc(Cl)cc(Nc2ccc3c(c2)OCO3)n1. The fourth-order valence-corrected chi connectivity index (χ4v) is 2.07. The van der Waals surface area contributed by atoms with E-state index in [1.165, 1.54) is 0 Å². The summed E-state index contributed by atoms with van der Waals surface area (Å²) in [6.07, 6.45) is 0. The summed E-state index contributed by atoms with van der Waals surface area (Å²) < 4.78 is 10.6. The van der Waals surface area contributed by atoms with E-state index in [-0.39, 0.29) is 12.7 Å². The van der Waals surface area contributed by atoms with E-state index in [1.54, 1.807) is 6.07 Å². The lowest BCUT2D eigenvalue weighted by Crippen LogP contribution is -2.02. The molecule has 0 aliphatic carbocycles. The number of aromatic nitrogens is 2. The van der Waals surface area contributed by atoms with Gasteiger partial charge in [0.1, 0.15) is 16.8 Å². The zero-order valence-electron chi connectivity index (χ0n) is 11.2. The molecular weight excluding hydrogens is 278 g/mol. The van der Waals surface area contributed by atoms with Gasteiger partial charge in [-0.1, -0.05) is 25.4 Å². The Bertz CT molecular complexity index is 646. The van der Waals surface area contributed by atoms with Crippen LogP contribution in [-0.4, -0.2) is 16.8 Å². The third-order valence-corrected chi connectivity index (χ3v) is 3.07. The quantitative estimate of drug-likeness (QED) is 0.873. The van der Waals surface area contributed by atoms with Gasteiger partial charge in [0.2, 0.25) is 6.79 Å². The van der Waals surface area contributed by atoms with E-state index in [0.717, 1.165) is 17.2 Å². The lowest BCUT2D eigenvalue weighted by molar-refractivity contribution is 0.174. The Morgan fingerprint density at radius 2 is 1.95 bits per heavy atom. The molecule has 1 aliphatic heterocycles. The van der Waals surface area contributed by atoms with E-state index >= 15 is 0 Å². The van der Waals surface area contributed by atoms with E-state index in [2.05, 4.69) is 15.3 Å². The van der Waals surface area contributed by atoms with Crippen LogP contribution in [0, 0.1) is 0 Å². The number of nitrogens with zero attached hydrogens (tertiary/aromatic N) is 2. The Morgan fingerprint density at radius 3 is 2.75 bits per heavy atom. The average Bonchev–Trinajstić information content (AvgIpc) is 2.85. The molecule has 1 aromatic carbocycles. The summed E-state index contributed by atoms with van der Waals surface area (Å²) in [5.41, 5.74) is 0.860. The zero-order chi connectivity index (χ0) is 14.1. The number of hydrogen-bond acceptors (Lipinski definition) is 5. The third-order valence-electron chi connectivity index (χ3n) is 2.87. The third kappa shape index (κ3) is 2.63. The van der Waals surface area contributed by atoms with Crippen molar-refractivity contribution < 1.29 is 9.47 Å². The minimum Gasteiger partial charge on any atom is -0.454 e. The Kier molecular flexibility index (Phi) is 3.36. The normalized spacial score (nSPS) is 12.8. The first-order valence-electron chi connectivity index (χ1n) is 6.33. The van der Waals surface area contributed by atoms with E-state index in [1.807, 2.05) is 32.0 Å². The number of hydrogen-bond donors (Lipinski definition) is 1. The fourth-order valence-electron chi connectivity index (χ4n) is 1.88. The van der Waals surface area contributed by atoms with Crippen molar-refractivity contribution in [2.24, 2.45) is 0 Å². The molecule has 3 rings (SSSR count). The summed E-state index contributed by atoms with van der Waals surface area (Å²) in [6.45, 7) is 4.31. The molecule has 2 heterocycles. The predicted octanol–water partition coefficient (Wildman–Crippen LogP) is 3.73. The topological polar surface area (TPSA) is 56.3 Å². The molecule has 6 heteroatoms. The monoisotopic (exact) mass is 291 g/mol. The minimum atomic E-state index is 0.214. The summed E-state index contributed by atoms with van der Waals surface area (Å²) in [5.74, 6) is 3.05. The second-order valence-electron chi connectivity index (χ2n) is 4.78. The van der Waals surface area contributed by atoms with Crippen molar-refractivity contribution in [3.05, 3.63) is 35.2 Å². The van der Waals surface area contributed by atoms with Crippen LogP contribution in [0.3, 0.4) is 0 Å². The van der Waals surface area contributed by atoms with E-state index in [4.69, 9.17) is 21.1 Å². The van der Waals surface area contributed by atoms with Crippen LogP contribution < -0.4 is 14.8 Å². The molecule has 0 amide bonds. The number of ether oxygens (including phenoxy) is 2. The van der Waals surface area contributed by atoms with Gasteiger partial charge in [-0.3, -0.25) is 0 Å². The van der Waals surface area contributed by atoms with Crippen molar-refractivity contribution in [2.45, 2.75) is 19.8 Å². The van der Waals surface area contributed by atoms with Gasteiger partial charge >= 0.3 is 0 Å². The molecule has 0 saturated carbocycles. The van der Waals surface area contributed by atoms with Gasteiger partial charge in [0.05, 0.1) is 0 Å². The molecule has 0 saturated heterocycles. The number of anilines is 2. The molecule has 1 N–H and O–H groups in total. The molecule has 1 aliphatic rings. The minimum absolute atomic E-state index is 0.214. The number of fused-ring (bicyclic) bond motifs is 1. The van der Waals surface area contributed by atoms with E-state index in [9.17, 15) is 0 Å². The highest BCUT2D eigenvalue weighted by atomic mass is 35.5. The van der Waals surface area contributed by atoms with Crippen LogP contribution in [0.4, 0.5) is 11.5 Å². The predicted molar refractivity (Wildman–Crippen MR) is 77.0 cm³/mol.